The van der Waals surface area contributed by atoms with Gasteiger partial charge in [-0.1, -0.05) is 36.4 Å². The number of carbonyl (C=O) groups excluding carboxylic acids is 1. The molecule has 0 saturated heterocycles. The number of ether oxygens (including phenoxy) is 2. The Morgan fingerprint density at radius 3 is 2.42 bits per heavy atom. The van der Waals surface area contributed by atoms with Crippen molar-refractivity contribution in [3.8, 4) is 11.5 Å². The van der Waals surface area contributed by atoms with E-state index >= 15 is 0 Å². The molecule has 31 heavy (non-hydrogen) atoms. The summed E-state index contributed by atoms with van der Waals surface area (Å²) in [5, 5.41) is 10.6. The standard InChI is InChI=1S/C26H31NO4/c1-4-30-24-12-11-19(15-25(24)31-5-2)13-14-27-22-16-21(20-9-7-6-8-10-20)17-23(29)26(22)18(3)28/h6-12,15,21,29H,4-5,13-14,16-17H2,1-3H3/p+1/t21-/m0/s1. The maximum absolute atomic E-state index is 12.2. The molecule has 5 heteroatoms. The van der Waals surface area contributed by atoms with E-state index < -0.39 is 0 Å². The second-order valence-electron chi connectivity index (χ2n) is 7.70. The normalized spacial score (nSPS) is 17.6. The molecule has 0 saturated carbocycles. The third-order valence-electron chi connectivity index (χ3n) is 5.46. The molecule has 0 spiro atoms. The van der Waals surface area contributed by atoms with Gasteiger partial charge >= 0.3 is 0 Å². The fourth-order valence-corrected chi connectivity index (χ4v) is 4.08. The second kappa shape index (κ2) is 10.8. The van der Waals surface area contributed by atoms with Gasteiger partial charge in [0.1, 0.15) is 17.9 Å². The first-order chi connectivity index (χ1) is 15.0. The van der Waals surface area contributed by atoms with Crippen LogP contribution < -0.4 is 14.5 Å². The molecular weight excluding hydrogens is 390 g/mol. The van der Waals surface area contributed by atoms with E-state index in [1.54, 1.807) is 0 Å². The molecule has 3 rings (SSSR count). The number of aliphatic hydroxyl groups is 1. The molecule has 164 valence electrons. The Morgan fingerprint density at radius 2 is 1.74 bits per heavy atom. The van der Waals surface area contributed by atoms with Crippen LogP contribution in [0.1, 0.15) is 50.7 Å². The van der Waals surface area contributed by atoms with Gasteiger partial charge in [-0.25, -0.2) is 4.99 Å². The zero-order chi connectivity index (χ0) is 22.2. The third kappa shape index (κ3) is 5.75. The van der Waals surface area contributed by atoms with Gasteiger partial charge < -0.3 is 14.6 Å². The van der Waals surface area contributed by atoms with E-state index in [0.29, 0.717) is 38.2 Å². The number of rotatable bonds is 9. The van der Waals surface area contributed by atoms with Crippen molar-refractivity contribution >= 4 is 11.5 Å². The number of allylic oxidation sites excluding steroid dienone is 2. The van der Waals surface area contributed by atoms with Crippen LogP contribution in [0.15, 0.2) is 59.9 Å². The molecule has 2 aromatic carbocycles. The molecule has 0 heterocycles. The summed E-state index contributed by atoms with van der Waals surface area (Å²) in [6, 6.07) is 16.1. The van der Waals surface area contributed by atoms with E-state index in [2.05, 4.69) is 17.1 Å². The van der Waals surface area contributed by atoms with Crippen molar-refractivity contribution in [2.45, 2.75) is 46.0 Å². The summed E-state index contributed by atoms with van der Waals surface area (Å²) in [5.74, 6) is 1.72. The van der Waals surface area contributed by atoms with Crippen molar-refractivity contribution in [2.75, 3.05) is 19.8 Å². The number of hydrogen-bond acceptors (Lipinski definition) is 4. The Balaban J connectivity index is 1.78. The van der Waals surface area contributed by atoms with Gasteiger partial charge in [0.15, 0.2) is 23.0 Å². The van der Waals surface area contributed by atoms with Gasteiger partial charge in [0.05, 0.1) is 13.2 Å². The Hall–Kier alpha value is -3.08. The maximum atomic E-state index is 12.2. The van der Waals surface area contributed by atoms with E-state index in [4.69, 9.17) is 9.47 Å². The molecule has 0 bridgehead atoms. The molecule has 0 aromatic heterocycles. The molecule has 0 unspecified atom stereocenters. The summed E-state index contributed by atoms with van der Waals surface area (Å²) >= 11 is 0. The largest absolute Gasteiger partial charge is 0.511 e. The lowest BCUT2D eigenvalue weighted by Crippen LogP contribution is -2.74. The van der Waals surface area contributed by atoms with Crippen molar-refractivity contribution in [1.82, 2.24) is 0 Å². The highest BCUT2D eigenvalue weighted by molar-refractivity contribution is 6.20. The van der Waals surface area contributed by atoms with Gasteiger partial charge in [-0.15, -0.1) is 0 Å². The summed E-state index contributed by atoms with van der Waals surface area (Å²) in [5.41, 5.74) is 3.55. The van der Waals surface area contributed by atoms with Crippen LogP contribution in [-0.2, 0) is 11.2 Å². The Kier molecular flexibility index (Phi) is 7.88. The summed E-state index contributed by atoms with van der Waals surface area (Å²) in [4.78, 5) is 15.6. The summed E-state index contributed by atoms with van der Waals surface area (Å²) in [7, 11) is 0. The predicted octanol–water partition coefficient (Wildman–Crippen LogP) is 3.53. The zero-order valence-electron chi connectivity index (χ0n) is 18.6. The summed E-state index contributed by atoms with van der Waals surface area (Å²) in [6.07, 6.45) is 1.95. The highest BCUT2D eigenvalue weighted by Crippen LogP contribution is 2.33. The Morgan fingerprint density at radius 1 is 1.03 bits per heavy atom. The van der Waals surface area contributed by atoms with Crippen LogP contribution in [-0.4, -0.2) is 36.4 Å². The van der Waals surface area contributed by atoms with Crippen LogP contribution in [0, 0.1) is 0 Å². The third-order valence-corrected chi connectivity index (χ3v) is 5.46. The SMILES string of the molecule is CCOc1ccc(CC[NH+]=C2C[C@H](c3ccccc3)CC(O)=C2C(C)=O)cc1OCC. The molecule has 5 nitrogen and oxygen atoms in total. The minimum atomic E-state index is -0.105. The van der Waals surface area contributed by atoms with Crippen molar-refractivity contribution < 1.29 is 24.4 Å². The smallest absolute Gasteiger partial charge is 0.189 e. The molecule has 0 amide bonds. The van der Waals surface area contributed by atoms with Gasteiger partial charge in [0.25, 0.3) is 0 Å². The lowest BCUT2D eigenvalue weighted by atomic mass is 9.81. The summed E-state index contributed by atoms with van der Waals surface area (Å²) in [6.45, 7) is 7.23. The van der Waals surface area contributed by atoms with Crippen molar-refractivity contribution in [2.24, 2.45) is 0 Å². The van der Waals surface area contributed by atoms with Crippen LogP contribution >= 0.6 is 0 Å². The first-order valence-corrected chi connectivity index (χ1v) is 11.0. The van der Waals surface area contributed by atoms with Crippen molar-refractivity contribution in [1.29, 1.82) is 0 Å². The monoisotopic (exact) mass is 422 g/mol. The van der Waals surface area contributed by atoms with E-state index in [9.17, 15) is 9.90 Å². The van der Waals surface area contributed by atoms with Gasteiger partial charge in [0.2, 0.25) is 0 Å². The molecule has 2 N–H and O–H groups in total. The second-order valence-corrected chi connectivity index (χ2v) is 7.70. The van der Waals surface area contributed by atoms with E-state index in [0.717, 1.165) is 29.2 Å². The number of nitrogens with one attached hydrogen (secondary N) is 1. The Labute approximate surface area is 184 Å². The van der Waals surface area contributed by atoms with Crippen molar-refractivity contribution in [3.63, 3.8) is 0 Å². The van der Waals surface area contributed by atoms with Gasteiger partial charge in [-0.2, -0.15) is 0 Å². The van der Waals surface area contributed by atoms with Crippen LogP contribution in [0.4, 0.5) is 0 Å². The molecular formula is C26H32NO4+. The quantitative estimate of drug-likeness (QED) is 0.649. The minimum absolute atomic E-state index is 0.105. The van der Waals surface area contributed by atoms with Crippen LogP contribution in [0.2, 0.25) is 0 Å². The molecule has 0 fully saturated rings. The average Bonchev–Trinajstić information content (AvgIpc) is 2.76. The highest BCUT2D eigenvalue weighted by Gasteiger charge is 2.32. The Bertz CT molecular complexity index is 963. The fourth-order valence-electron chi connectivity index (χ4n) is 4.08. The highest BCUT2D eigenvalue weighted by atomic mass is 16.5. The van der Waals surface area contributed by atoms with E-state index in [1.807, 2.05) is 50.2 Å². The maximum Gasteiger partial charge on any atom is 0.189 e. The lowest BCUT2D eigenvalue weighted by molar-refractivity contribution is -0.457. The molecule has 2 aromatic rings. The minimum Gasteiger partial charge on any atom is -0.511 e. The van der Waals surface area contributed by atoms with Crippen LogP contribution in [0.5, 0.6) is 11.5 Å². The topological polar surface area (TPSA) is 69.7 Å². The van der Waals surface area contributed by atoms with Crippen LogP contribution in [0.3, 0.4) is 0 Å². The number of ketones is 1. The predicted molar refractivity (Wildman–Crippen MR) is 122 cm³/mol. The van der Waals surface area contributed by atoms with E-state index in [-0.39, 0.29) is 17.5 Å². The molecule has 1 atom stereocenters. The fraction of sp³-hybridized carbons (Fsp3) is 0.385. The number of aliphatic hydroxyl groups excluding tert-OH is 1. The number of Topliss-reactive ketones (excluding diaryl/α,β-unsaturated/α-hetero) is 1. The van der Waals surface area contributed by atoms with Crippen LogP contribution in [0.25, 0.3) is 0 Å². The van der Waals surface area contributed by atoms with E-state index in [1.165, 1.54) is 12.5 Å². The first kappa shape index (κ1) is 22.6. The zero-order valence-corrected chi connectivity index (χ0v) is 18.6. The lowest BCUT2D eigenvalue weighted by Gasteiger charge is -2.22. The molecule has 0 aliphatic heterocycles. The number of carbonyl (C=O) groups is 1. The number of hydrogen-bond donors (Lipinski definition) is 2. The molecule has 1 aliphatic carbocycles. The van der Waals surface area contributed by atoms with Gasteiger partial charge in [-0.05, 0) is 44.0 Å². The number of benzene rings is 2. The first-order valence-electron chi connectivity index (χ1n) is 11.0. The summed E-state index contributed by atoms with van der Waals surface area (Å²) < 4.78 is 11.4. The van der Waals surface area contributed by atoms with Gasteiger partial charge in [0, 0.05) is 25.2 Å². The van der Waals surface area contributed by atoms with Gasteiger partial charge in [-0.3, -0.25) is 4.79 Å². The van der Waals surface area contributed by atoms with Crippen molar-refractivity contribution in [3.05, 3.63) is 71.0 Å². The molecule has 0 radical (unpaired) electrons. The molecule has 1 aliphatic rings. The average molecular weight is 423 g/mol.